The van der Waals surface area contributed by atoms with Gasteiger partial charge in [-0.05, 0) is 42.2 Å². The number of rotatable bonds is 6. The molecule has 0 unspecified atom stereocenters. The highest BCUT2D eigenvalue weighted by Gasteiger charge is 2.20. The van der Waals surface area contributed by atoms with E-state index in [4.69, 9.17) is 0 Å². The summed E-state index contributed by atoms with van der Waals surface area (Å²) in [6.07, 6.45) is 2.35. The minimum absolute atomic E-state index is 0.136. The summed E-state index contributed by atoms with van der Waals surface area (Å²) in [7, 11) is 0. The smallest absolute Gasteiger partial charge is 0.0839 e. The van der Waals surface area contributed by atoms with Crippen molar-refractivity contribution in [1.29, 1.82) is 0 Å². The Morgan fingerprint density at radius 3 is 2.03 bits per heavy atom. The molecule has 0 aliphatic carbocycles. The maximum atomic E-state index is 2.45. The van der Waals surface area contributed by atoms with Gasteiger partial charge in [0, 0.05) is 22.2 Å². The molecule has 0 amide bonds. The van der Waals surface area contributed by atoms with Gasteiger partial charge in [0.2, 0.25) is 0 Å². The molecule has 0 bridgehead atoms. The summed E-state index contributed by atoms with van der Waals surface area (Å²) in [6.45, 7) is 4.38. The second-order valence-electron chi connectivity index (χ2n) is 8.36. The first-order valence-electron chi connectivity index (χ1n) is 11.1. The van der Waals surface area contributed by atoms with Crippen molar-refractivity contribution in [3.63, 3.8) is 0 Å². The fourth-order valence-corrected chi connectivity index (χ4v) is 5.53. The number of thioether (sulfide) groups is 1. The fourth-order valence-electron chi connectivity index (χ4n) is 4.40. The zero-order chi connectivity index (χ0) is 21.9. The van der Waals surface area contributed by atoms with E-state index in [1.165, 1.54) is 43.6 Å². The molecule has 0 saturated carbocycles. The van der Waals surface area contributed by atoms with E-state index in [1.807, 2.05) is 11.8 Å². The molecule has 0 radical (unpaired) electrons. The number of hydrogen-bond donors (Lipinski definition) is 0. The monoisotopic (exact) mass is 433 g/mol. The van der Waals surface area contributed by atoms with E-state index >= 15 is 0 Å². The summed E-state index contributed by atoms with van der Waals surface area (Å²) in [5, 5.41) is 1.32. The van der Waals surface area contributed by atoms with Gasteiger partial charge in [-0.3, -0.25) is 0 Å². The molecule has 1 nitrogen and oxygen atoms in total. The van der Waals surface area contributed by atoms with Gasteiger partial charge in [0.25, 0.3) is 0 Å². The highest BCUT2D eigenvalue weighted by atomic mass is 32.2. The molecule has 5 rings (SSSR count). The first-order chi connectivity index (χ1) is 15.7. The summed E-state index contributed by atoms with van der Waals surface area (Å²) in [5.74, 6) is 0.975. The molecule has 0 fully saturated rings. The Morgan fingerprint density at radius 2 is 1.34 bits per heavy atom. The SMILES string of the molecule is Cc1ccc(C)c(CSc2cn(C(c3ccccc3)c3ccccc3)c3ccccc23)c1. The van der Waals surface area contributed by atoms with Crippen LogP contribution in [0.4, 0.5) is 0 Å². The maximum absolute atomic E-state index is 2.45. The Balaban J connectivity index is 1.60. The topological polar surface area (TPSA) is 4.93 Å². The van der Waals surface area contributed by atoms with Crippen LogP contribution in [0.2, 0.25) is 0 Å². The first-order valence-corrected chi connectivity index (χ1v) is 12.1. The molecule has 4 aromatic carbocycles. The summed E-state index contributed by atoms with van der Waals surface area (Å²) in [6, 6.07) is 37.3. The lowest BCUT2D eigenvalue weighted by atomic mass is 9.98. The predicted octanol–water partition coefficient (Wildman–Crippen LogP) is 8.19. The summed E-state index contributed by atoms with van der Waals surface area (Å²) in [5.41, 5.74) is 7.96. The molecular formula is C30H27NS. The first kappa shape index (κ1) is 20.7. The Morgan fingerprint density at radius 1 is 0.719 bits per heavy atom. The minimum Gasteiger partial charge on any atom is -0.335 e. The standard InChI is InChI=1S/C30H27NS/c1-22-17-18-23(2)26(19-22)21-32-29-20-31(28-16-10-9-15-27(28)29)30(24-11-5-3-6-12-24)25-13-7-4-8-14-25/h3-20,30H,21H2,1-2H3. The summed E-state index contributed by atoms with van der Waals surface area (Å²) < 4.78 is 2.45. The van der Waals surface area contributed by atoms with Crippen LogP contribution in [0.1, 0.15) is 33.9 Å². The van der Waals surface area contributed by atoms with Crippen molar-refractivity contribution in [3.8, 4) is 0 Å². The van der Waals surface area contributed by atoms with Crippen molar-refractivity contribution in [3.05, 3.63) is 137 Å². The van der Waals surface area contributed by atoms with Gasteiger partial charge in [0.15, 0.2) is 0 Å². The van der Waals surface area contributed by atoms with E-state index in [0.29, 0.717) is 0 Å². The summed E-state index contributed by atoms with van der Waals surface area (Å²) >= 11 is 1.93. The van der Waals surface area contributed by atoms with Crippen LogP contribution >= 0.6 is 11.8 Å². The lowest BCUT2D eigenvalue weighted by Crippen LogP contribution is -2.11. The van der Waals surface area contributed by atoms with E-state index in [1.54, 1.807) is 0 Å². The molecule has 5 aromatic rings. The van der Waals surface area contributed by atoms with Crippen LogP contribution in [0.15, 0.2) is 114 Å². The Labute approximate surface area is 194 Å². The van der Waals surface area contributed by atoms with Gasteiger partial charge >= 0.3 is 0 Å². The van der Waals surface area contributed by atoms with Crippen molar-refractivity contribution in [1.82, 2.24) is 4.57 Å². The normalized spacial score (nSPS) is 11.3. The molecule has 0 saturated heterocycles. The van der Waals surface area contributed by atoms with E-state index in [2.05, 4.69) is 128 Å². The van der Waals surface area contributed by atoms with Crippen LogP contribution < -0.4 is 0 Å². The second kappa shape index (κ2) is 9.10. The average molecular weight is 434 g/mol. The Bertz CT molecular complexity index is 1300. The molecule has 2 heteroatoms. The quantitative estimate of drug-likeness (QED) is 0.244. The largest absolute Gasteiger partial charge is 0.335 e. The third kappa shape index (κ3) is 4.11. The highest BCUT2D eigenvalue weighted by Crippen LogP contribution is 2.37. The number of benzene rings is 4. The van der Waals surface area contributed by atoms with Crippen molar-refractivity contribution in [2.75, 3.05) is 0 Å². The van der Waals surface area contributed by atoms with Gasteiger partial charge in [-0.1, -0.05) is 103 Å². The van der Waals surface area contributed by atoms with Gasteiger partial charge in [-0.2, -0.15) is 0 Å². The molecule has 0 N–H and O–H groups in total. The molecule has 32 heavy (non-hydrogen) atoms. The van der Waals surface area contributed by atoms with Crippen LogP contribution in [-0.2, 0) is 5.75 Å². The molecular weight excluding hydrogens is 406 g/mol. The number of aryl methyl sites for hydroxylation is 2. The number of nitrogens with zero attached hydrogens (tertiary/aromatic N) is 1. The third-order valence-electron chi connectivity index (χ3n) is 6.10. The molecule has 0 aliphatic heterocycles. The predicted molar refractivity (Wildman–Crippen MR) is 138 cm³/mol. The van der Waals surface area contributed by atoms with Gasteiger partial charge in [0.1, 0.15) is 0 Å². The number of hydrogen-bond acceptors (Lipinski definition) is 1. The molecule has 158 valence electrons. The second-order valence-corrected chi connectivity index (χ2v) is 9.38. The Hall–Kier alpha value is -3.23. The molecule has 1 aromatic heterocycles. The summed E-state index contributed by atoms with van der Waals surface area (Å²) in [4.78, 5) is 1.33. The molecule has 0 spiro atoms. The number of para-hydroxylation sites is 1. The van der Waals surface area contributed by atoms with Crippen molar-refractivity contribution >= 4 is 22.7 Å². The van der Waals surface area contributed by atoms with Gasteiger partial charge < -0.3 is 4.57 Å². The highest BCUT2D eigenvalue weighted by molar-refractivity contribution is 7.98. The Kier molecular flexibility index (Phi) is 5.87. The average Bonchev–Trinajstić information content (AvgIpc) is 3.20. The van der Waals surface area contributed by atoms with E-state index in [-0.39, 0.29) is 6.04 Å². The third-order valence-corrected chi connectivity index (χ3v) is 7.19. The van der Waals surface area contributed by atoms with Crippen LogP contribution in [0, 0.1) is 13.8 Å². The number of aromatic nitrogens is 1. The fraction of sp³-hybridized carbons (Fsp3) is 0.133. The van der Waals surface area contributed by atoms with E-state index in [0.717, 1.165) is 5.75 Å². The molecule has 0 aliphatic rings. The van der Waals surface area contributed by atoms with Crippen LogP contribution in [0.5, 0.6) is 0 Å². The lowest BCUT2D eigenvalue weighted by Gasteiger charge is -2.21. The van der Waals surface area contributed by atoms with Gasteiger partial charge in [0.05, 0.1) is 11.6 Å². The van der Waals surface area contributed by atoms with E-state index in [9.17, 15) is 0 Å². The molecule has 1 heterocycles. The van der Waals surface area contributed by atoms with Crippen LogP contribution in [-0.4, -0.2) is 4.57 Å². The van der Waals surface area contributed by atoms with E-state index < -0.39 is 0 Å². The van der Waals surface area contributed by atoms with Crippen molar-refractivity contribution in [2.24, 2.45) is 0 Å². The lowest BCUT2D eigenvalue weighted by molar-refractivity contribution is 0.701. The zero-order valence-corrected chi connectivity index (χ0v) is 19.3. The van der Waals surface area contributed by atoms with Crippen LogP contribution in [0.3, 0.4) is 0 Å². The minimum atomic E-state index is 0.136. The zero-order valence-electron chi connectivity index (χ0n) is 18.5. The molecule has 0 atom stereocenters. The van der Waals surface area contributed by atoms with Gasteiger partial charge in [-0.15, -0.1) is 11.8 Å². The van der Waals surface area contributed by atoms with Crippen molar-refractivity contribution in [2.45, 2.75) is 30.5 Å². The maximum Gasteiger partial charge on any atom is 0.0839 e. The van der Waals surface area contributed by atoms with Crippen molar-refractivity contribution < 1.29 is 0 Å². The van der Waals surface area contributed by atoms with Gasteiger partial charge in [-0.25, -0.2) is 0 Å². The number of fused-ring (bicyclic) bond motifs is 1. The van der Waals surface area contributed by atoms with Crippen LogP contribution in [0.25, 0.3) is 10.9 Å².